The monoisotopic (exact) mass is 186 g/mol. The van der Waals surface area contributed by atoms with Gasteiger partial charge in [-0.3, -0.25) is 4.79 Å². The largest absolute Gasteiger partial charge is 0.294 e. The molecule has 0 saturated carbocycles. The molecule has 0 aromatic heterocycles. The Hall–Kier alpha value is -0.370. The van der Waals surface area contributed by atoms with E-state index in [1.54, 1.807) is 4.99 Å². The van der Waals surface area contributed by atoms with Gasteiger partial charge in [-0.25, -0.2) is 0 Å². The van der Waals surface area contributed by atoms with Gasteiger partial charge in [-0.2, -0.15) is 0 Å². The highest BCUT2D eigenvalue weighted by molar-refractivity contribution is 9.11. The molecule has 0 radical (unpaired) electrons. The third-order valence-electron chi connectivity index (χ3n) is 1.35. The minimum atomic E-state index is 0.237. The standard InChI is InChI=1S/C7H7BrO/c1-5-2-6(4-8)3-7(5)9/h2,4H,3H2,1H3/b6-4-. The molecule has 1 aliphatic rings. The van der Waals surface area contributed by atoms with E-state index < -0.39 is 0 Å². The van der Waals surface area contributed by atoms with Crippen molar-refractivity contribution in [2.75, 3.05) is 0 Å². The maximum Gasteiger partial charge on any atom is 0.162 e. The Bertz CT molecular complexity index is 201. The van der Waals surface area contributed by atoms with E-state index in [0.717, 1.165) is 11.1 Å². The van der Waals surface area contributed by atoms with E-state index in [1.807, 2.05) is 13.0 Å². The van der Waals surface area contributed by atoms with Crippen LogP contribution < -0.4 is 0 Å². The molecular weight excluding hydrogens is 180 g/mol. The van der Waals surface area contributed by atoms with E-state index in [2.05, 4.69) is 15.9 Å². The average molecular weight is 187 g/mol. The van der Waals surface area contributed by atoms with Gasteiger partial charge in [0.1, 0.15) is 0 Å². The molecule has 1 rings (SSSR count). The molecule has 1 aliphatic carbocycles. The quantitative estimate of drug-likeness (QED) is 0.568. The Morgan fingerprint density at radius 3 is 2.67 bits per heavy atom. The van der Waals surface area contributed by atoms with Gasteiger partial charge in [0.2, 0.25) is 0 Å². The van der Waals surface area contributed by atoms with Gasteiger partial charge in [0, 0.05) is 6.42 Å². The molecule has 0 aromatic rings. The number of Topliss-reactive ketones (excluding diaryl/α,β-unsaturated/α-hetero) is 1. The van der Waals surface area contributed by atoms with E-state index in [9.17, 15) is 4.79 Å². The van der Waals surface area contributed by atoms with Crippen LogP contribution in [-0.2, 0) is 4.79 Å². The van der Waals surface area contributed by atoms with Gasteiger partial charge < -0.3 is 0 Å². The molecule has 1 nitrogen and oxygen atoms in total. The van der Waals surface area contributed by atoms with Gasteiger partial charge in [0.15, 0.2) is 5.78 Å². The van der Waals surface area contributed by atoms with Crippen molar-refractivity contribution in [2.24, 2.45) is 0 Å². The zero-order chi connectivity index (χ0) is 6.85. The van der Waals surface area contributed by atoms with Crippen LogP contribution in [0.4, 0.5) is 0 Å². The first-order valence-corrected chi connectivity index (χ1v) is 3.66. The van der Waals surface area contributed by atoms with Crippen LogP contribution in [0.3, 0.4) is 0 Å². The number of ketones is 1. The van der Waals surface area contributed by atoms with Gasteiger partial charge in [0.05, 0.1) is 0 Å². The fourth-order valence-electron chi connectivity index (χ4n) is 0.805. The molecule has 0 fully saturated rings. The lowest BCUT2D eigenvalue weighted by Crippen LogP contribution is -1.89. The van der Waals surface area contributed by atoms with Crippen LogP contribution in [0, 0.1) is 0 Å². The van der Waals surface area contributed by atoms with E-state index >= 15 is 0 Å². The zero-order valence-corrected chi connectivity index (χ0v) is 6.73. The van der Waals surface area contributed by atoms with E-state index in [0.29, 0.717) is 6.42 Å². The smallest absolute Gasteiger partial charge is 0.162 e. The molecule has 0 N–H and O–H groups in total. The summed E-state index contributed by atoms with van der Waals surface area (Å²) in [5.74, 6) is 0.237. The fraction of sp³-hybridized carbons (Fsp3) is 0.286. The third kappa shape index (κ3) is 1.30. The van der Waals surface area contributed by atoms with E-state index in [4.69, 9.17) is 0 Å². The normalized spacial score (nSPS) is 23.1. The first kappa shape index (κ1) is 6.75. The number of halogens is 1. The molecule has 0 aliphatic heterocycles. The predicted octanol–water partition coefficient (Wildman–Crippen LogP) is 2.18. The van der Waals surface area contributed by atoms with Crippen LogP contribution in [0.15, 0.2) is 22.2 Å². The summed E-state index contributed by atoms with van der Waals surface area (Å²) in [4.78, 5) is 12.6. The van der Waals surface area contributed by atoms with Crippen molar-refractivity contribution in [1.82, 2.24) is 0 Å². The molecule has 0 amide bonds. The second-order valence-corrected chi connectivity index (χ2v) is 2.57. The van der Waals surface area contributed by atoms with Gasteiger partial charge in [-0.05, 0) is 23.1 Å². The summed E-state index contributed by atoms with van der Waals surface area (Å²) in [7, 11) is 0. The Morgan fingerprint density at radius 2 is 2.44 bits per heavy atom. The van der Waals surface area contributed by atoms with E-state index in [1.165, 1.54) is 0 Å². The lowest BCUT2D eigenvalue weighted by atomic mass is 10.2. The Morgan fingerprint density at radius 1 is 1.78 bits per heavy atom. The number of carbonyl (C=O) groups is 1. The van der Waals surface area contributed by atoms with Gasteiger partial charge in [0.25, 0.3) is 0 Å². The SMILES string of the molecule is CC1=C/C(=C/Br)CC1=O. The van der Waals surface area contributed by atoms with Crippen molar-refractivity contribution in [3.05, 3.63) is 22.2 Å². The molecule has 48 valence electrons. The minimum absolute atomic E-state index is 0.237. The summed E-state index contributed by atoms with van der Waals surface area (Å²) in [6.07, 6.45) is 2.47. The lowest BCUT2D eigenvalue weighted by Gasteiger charge is -1.83. The second-order valence-electron chi connectivity index (χ2n) is 2.11. The van der Waals surface area contributed by atoms with Crippen molar-refractivity contribution >= 4 is 21.7 Å². The van der Waals surface area contributed by atoms with Gasteiger partial charge in [-0.15, -0.1) is 0 Å². The van der Waals surface area contributed by atoms with E-state index in [-0.39, 0.29) is 5.78 Å². The molecule has 9 heavy (non-hydrogen) atoms. The maximum absolute atomic E-state index is 10.8. The fourth-order valence-corrected chi connectivity index (χ4v) is 1.10. The number of rotatable bonds is 0. The van der Waals surface area contributed by atoms with Crippen molar-refractivity contribution in [1.29, 1.82) is 0 Å². The number of carbonyl (C=O) groups excluding carboxylic acids is 1. The summed E-state index contributed by atoms with van der Waals surface area (Å²) in [6, 6.07) is 0. The molecule has 0 bridgehead atoms. The molecule has 0 saturated heterocycles. The molecule has 2 heteroatoms. The Kier molecular flexibility index (Phi) is 1.86. The first-order chi connectivity index (χ1) is 4.24. The van der Waals surface area contributed by atoms with Crippen LogP contribution in [0.2, 0.25) is 0 Å². The van der Waals surface area contributed by atoms with Crippen LogP contribution in [-0.4, -0.2) is 5.78 Å². The molecule has 0 unspecified atom stereocenters. The van der Waals surface area contributed by atoms with Crippen molar-refractivity contribution in [3.63, 3.8) is 0 Å². The van der Waals surface area contributed by atoms with Crippen molar-refractivity contribution in [2.45, 2.75) is 13.3 Å². The van der Waals surface area contributed by atoms with Crippen molar-refractivity contribution < 1.29 is 4.79 Å². The van der Waals surface area contributed by atoms with Gasteiger partial charge in [-0.1, -0.05) is 22.0 Å². The maximum atomic E-state index is 10.8. The average Bonchev–Trinajstić information content (AvgIpc) is 2.13. The van der Waals surface area contributed by atoms with Crippen LogP contribution in [0.25, 0.3) is 0 Å². The summed E-state index contributed by atoms with van der Waals surface area (Å²) >= 11 is 3.17. The summed E-state index contributed by atoms with van der Waals surface area (Å²) in [5.41, 5.74) is 1.93. The van der Waals surface area contributed by atoms with Crippen molar-refractivity contribution in [3.8, 4) is 0 Å². The topological polar surface area (TPSA) is 17.1 Å². The molecule has 0 spiro atoms. The first-order valence-electron chi connectivity index (χ1n) is 2.75. The van der Waals surface area contributed by atoms with Crippen LogP contribution in [0.5, 0.6) is 0 Å². The minimum Gasteiger partial charge on any atom is -0.294 e. The second kappa shape index (κ2) is 2.48. The zero-order valence-electron chi connectivity index (χ0n) is 5.15. The highest BCUT2D eigenvalue weighted by Gasteiger charge is 2.13. The number of hydrogen-bond donors (Lipinski definition) is 0. The third-order valence-corrected chi connectivity index (χ3v) is 1.93. The summed E-state index contributed by atoms with van der Waals surface area (Å²) < 4.78 is 0. The summed E-state index contributed by atoms with van der Waals surface area (Å²) in [5, 5.41) is 0. The molecule has 0 atom stereocenters. The molecular formula is C7H7BrO. The molecule has 0 aromatic carbocycles. The number of hydrogen-bond acceptors (Lipinski definition) is 1. The summed E-state index contributed by atoms with van der Waals surface area (Å²) in [6.45, 7) is 1.84. The lowest BCUT2D eigenvalue weighted by molar-refractivity contribution is -0.114. The highest BCUT2D eigenvalue weighted by Crippen LogP contribution is 2.19. The number of allylic oxidation sites excluding steroid dienone is 3. The predicted molar refractivity (Wildman–Crippen MR) is 40.4 cm³/mol. The Labute approximate surface area is 62.6 Å². The van der Waals surface area contributed by atoms with Crippen LogP contribution in [0.1, 0.15) is 13.3 Å². The Balaban J connectivity index is 2.86. The van der Waals surface area contributed by atoms with Gasteiger partial charge >= 0.3 is 0 Å². The van der Waals surface area contributed by atoms with Crippen LogP contribution >= 0.6 is 15.9 Å². The molecule has 0 heterocycles. The highest BCUT2D eigenvalue weighted by atomic mass is 79.9.